The van der Waals surface area contributed by atoms with Crippen LogP contribution in [0.4, 0.5) is 0 Å². The highest BCUT2D eigenvalue weighted by Gasteiger charge is 2.22. The summed E-state index contributed by atoms with van der Waals surface area (Å²) in [6, 6.07) is 9.83. The molecular formula is C18H21N3O3S2. The standard InChI is InChI=1S/C18H21N3O3S2/c1-12-5-3-6-13(11-12)16(22)19-14(8-10-25-2)17(23)20-21-18(24)15-7-4-9-26-15/h3-7,9,11,14H,8,10H2,1-2H3,(H,19,22)(H,20,23)(H,21,24)/t14-/m0/s1. The zero-order valence-corrected chi connectivity index (χ0v) is 16.2. The molecule has 1 aromatic heterocycles. The molecule has 3 N–H and O–H groups in total. The number of hydrogen-bond donors (Lipinski definition) is 3. The van der Waals surface area contributed by atoms with E-state index in [9.17, 15) is 14.4 Å². The zero-order chi connectivity index (χ0) is 18.9. The monoisotopic (exact) mass is 391 g/mol. The summed E-state index contributed by atoms with van der Waals surface area (Å²) < 4.78 is 0. The number of thioether (sulfide) groups is 1. The summed E-state index contributed by atoms with van der Waals surface area (Å²) >= 11 is 2.86. The van der Waals surface area contributed by atoms with E-state index in [4.69, 9.17) is 0 Å². The molecule has 0 spiro atoms. The number of amides is 3. The Hall–Kier alpha value is -2.32. The predicted molar refractivity (Wildman–Crippen MR) is 105 cm³/mol. The third-order valence-electron chi connectivity index (χ3n) is 3.56. The lowest BCUT2D eigenvalue weighted by molar-refractivity contribution is -0.123. The van der Waals surface area contributed by atoms with Crippen molar-refractivity contribution in [3.63, 3.8) is 0 Å². The SMILES string of the molecule is CSCC[C@H](NC(=O)c1cccc(C)c1)C(=O)NNC(=O)c1cccs1. The molecule has 6 nitrogen and oxygen atoms in total. The van der Waals surface area contributed by atoms with E-state index in [1.807, 2.05) is 19.2 Å². The van der Waals surface area contributed by atoms with Crippen LogP contribution in [0.5, 0.6) is 0 Å². The molecule has 0 saturated carbocycles. The van der Waals surface area contributed by atoms with Gasteiger partial charge in [-0.25, -0.2) is 0 Å². The summed E-state index contributed by atoms with van der Waals surface area (Å²) in [4.78, 5) is 37.2. The fraction of sp³-hybridized carbons (Fsp3) is 0.278. The molecule has 0 fully saturated rings. The highest BCUT2D eigenvalue weighted by atomic mass is 32.2. The average Bonchev–Trinajstić information content (AvgIpc) is 3.17. The summed E-state index contributed by atoms with van der Waals surface area (Å²) in [6.45, 7) is 1.90. The molecule has 1 heterocycles. The number of aryl methyl sites for hydroxylation is 1. The zero-order valence-electron chi connectivity index (χ0n) is 14.6. The maximum Gasteiger partial charge on any atom is 0.279 e. The third kappa shape index (κ3) is 5.89. The molecule has 0 aliphatic heterocycles. The van der Waals surface area contributed by atoms with Crippen molar-refractivity contribution in [3.05, 3.63) is 57.8 Å². The molecular weight excluding hydrogens is 370 g/mol. The maximum atomic E-state index is 12.4. The van der Waals surface area contributed by atoms with E-state index in [-0.39, 0.29) is 11.8 Å². The summed E-state index contributed by atoms with van der Waals surface area (Å²) in [5, 5.41) is 4.52. The Balaban J connectivity index is 1.97. The molecule has 0 bridgehead atoms. The Kier molecular flexibility index (Phi) is 7.68. The molecule has 1 atom stereocenters. The van der Waals surface area contributed by atoms with E-state index in [0.29, 0.717) is 22.6 Å². The molecule has 2 rings (SSSR count). The maximum absolute atomic E-state index is 12.4. The number of rotatable bonds is 7. The van der Waals surface area contributed by atoms with Gasteiger partial charge in [0.05, 0.1) is 4.88 Å². The Labute approximate surface area is 160 Å². The Bertz CT molecular complexity index is 763. The first-order valence-corrected chi connectivity index (χ1v) is 10.3. The van der Waals surface area contributed by atoms with Gasteiger partial charge < -0.3 is 5.32 Å². The van der Waals surface area contributed by atoms with Crippen molar-refractivity contribution in [1.29, 1.82) is 0 Å². The van der Waals surface area contributed by atoms with Gasteiger partial charge in [-0.2, -0.15) is 11.8 Å². The van der Waals surface area contributed by atoms with Crippen LogP contribution >= 0.6 is 23.1 Å². The van der Waals surface area contributed by atoms with Crippen LogP contribution in [0.2, 0.25) is 0 Å². The van der Waals surface area contributed by atoms with Gasteiger partial charge in [-0.15, -0.1) is 11.3 Å². The molecule has 26 heavy (non-hydrogen) atoms. The first-order valence-electron chi connectivity index (χ1n) is 8.01. The lowest BCUT2D eigenvalue weighted by Gasteiger charge is -2.18. The van der Waals surface area contributed by atoms with Gasteiger partial charge >= 0.3 is 0 Å². The molecule has 8 heteroatoms. The van der Waals surface area contributed by atoms with Crippen molar-refractivity contribution in [2.24, 2.45) is 0 Å². The number of thiophene rings is 1. The normalized spacial score (nSPS) is 11.5. The average molecular weight is 392 g/mol. The van der Waals surface area contributed by atoms with Crippen molar-refractivity contribution >= 4 is 40.8 Å². The number of carbonyl (C=O) groups excluding carboxylic acids is 3. The molecule has 1 aromatic carbocycles. The number of nitrogens with one attached hydrogen (secondary N) is 3. The summed E-state index contributed by atoms with van der Waals surface area (Å²) in [6.07, 6.45) is 2.38. The van der Waals surface area contributed by atoms with Gasteiger partial charge in [-0.3, -0.25) is 25.2 Å². The van der Waals surface area contributed by atoms with Crippen LogP contribution in [0, 0.1) is 6.92 Å². The number of benzene rings is 1. The van der Waals surface area contributed by atoms with Crippen LogP contribution < -0.4 is 16.2 Å². The molecule has 3 amide bonds. The third-order valence-corrected chi connectivity index (χ3v) is 5.07. The van der Waals surface area contributed by atoms with E-state index in [1.54, 1.807) is 47.5 Å². The van der Waals surface area contributed by atoms with Crippen LogP contribution in [-0.2, 0) is 4.79 Å². The van der Waals surface area contributed by atoms with Gasteiger partial charge in [0.2, 0.25) is 0 Å². The van der Waals surface area contributed by atoms with Crippen LogP contribution in [-0.4, -0.2) is 35.8 Å². The topological polar surface area (TPSA) is 87.3 Å². The quantitative estimate of drug-likeness (QED) is 0.633. The van der Waals surface area contributed by atoms with E-state index in [0.717, 1.165) is 5.56 Å². The van der Waals surface area contributed by atoms with Crippen molar-refractivity contribution in [2.75, 3.05) is 12.0 Å². The molecule has 0 radical (unpaired) electrons. The molecule has 138 valence electrons. The number of hydrazine groups is 1. The first-order chi connectivity index (χ1) is 12.5. The van der Waals surface area contributed by atoms with Crippen molar-refractivity contribution in [3.8, 4) is 0 Å². The second kappa shape index (κ2) is 9.98. The van der Waals surface area contributed by atoms with Crippen LogP contribution in [0.15, 0.2) is 41.8 Å². The van der Waals surface area contributed by atoms with Crippen LogP contribution in [0.3, 0.4) is 0 Å². The van der Waals surface area contributed by atoms with E-state index >= 15 is 0 Å². The van der Waals surface area contributed by atoms with Crippen molar-refractivity contribution in [1.82, 2.24) is 16.2 Å². The van der Waals surface area contributed by atoms with Crippen LogP contribution in [0.1, 0.15) is 32.0 Å². The van der Waals surface area contributed by atoms with Gasteiger partial charge in [0.25, 0.3) is 17.7 Å². The Morgan fingerprint density at radius 3 is 2.58 bits per heavy atom. The van der Waals surface area contributed by atoms with Gasteiger partial charge in [0.15, 0.2) is 0 Å². The Morgan fingerprint density at radius 2 is 1.92 bits per heavy atom. The number of carbonyl (C=O) groups is 3. The van der Waals surface area contributed by atoms with Gasteiger partial charge in [0.1, 0.15) is 6.04 Å². The minimum absolute atomic E-state index is 0.320. The second-order valence-corrected chi connectivity index (χ2v) is 7.53. The smallest absolute Gasteiger partial charge is 0.279 e. The van der Waals surface area contributed by atoms with E-state index in [1.165, 1.54) is 11.3 Å². The fourth-order valence-corrected chi connectivity index (χ4v) is 3.30. The minimum Gasteiger partial charge on any atom is -0.340 e. The molecule has 0 saturated heterocycles. The van der Waals surface area contributed by atoms with Gasteiger partial charge in [-0.05, 0) is 48.9 Å². The lowest BCUT2D eigenvalue weighted by atomic mass is 10.1. The highest BCUT2D eigenvalue weighted by Crippen LogP contribution is 2.08. The van der Waals surface area contributed by atoms with Crippen molar-refractivity contribution in [2.45, 2.75) is 19.4 Å². The van der Waals surface area contributed by atoms with Crippen molar-refractivity contribution < 1.29 is 14.4 Å². The summed E-state index contributed by atoms with van der Waals surface area (Å²) in [5.41, 5.74) is 6.23. The summed E-state index contributed by atoms with van der Waals surface area (Å²) in [5.74, 6) is -0.461. The molecule has 2 aromatic rings. The second-order valence-electron chi connectivity index (χ2n) is 5.60. The van der Waals surface area contributed by atoms with E-state index in [2.05, 4.69) is 16.2 Å². The molecule has 0 unspecified atom stereocenters. The number of hydrogen-bond acceptors (Lipinski definition) is 5. The largest absolute Gasteiger partial charge is 0.340 e. The minimum atomic E-state index is -0.737. The molecule has 0 aliphatic carbocycles. The first kappa shape index (κ1) is 20.0. The lowest BCUT2D eigenvalue weighted by Crippen LogP contribution is -2.52. The predicted octanol–water partition coefficient (Wildman–Crippen LogP) is 2.37. The van der Waals surface area contributed by atoms with Crippen LogP contribution in [0.25, 0.3) is 0 Å². The Morgan fingerprint density at radius 1 is 1.12 bits per heavy atom. The van der Waals surface area contributed by atoms with E-state index < -0.39 is 11.9 Å². The highest BCUT2D eigenvalue weighted by molar-refractivity contribution is 7.98. The van der Waals surface area contributed by atoms with Gasteiger partial charge in [0, 0.05) is 5.56 Å². The fourth-order valence-electron chi connectivity index (χ4n) is 2.21. The van der Waals surface area contributed by atoms with Gasteiger partial charge in [-0.1, -0.05) is 23.8 Å². The molecule has 0 aliphatic rings. The summed E-state index contributed by atoms with van der Waals surface area (Å²) in [7, 11) is 0.